The summed E-state index contributed by atoms with van der Waals surface area (Å²) >= 11 is 8.03. The first kappa shape index (κ1) is 11.3. The number of carbonyl (C=O) groups is 1. The van der Waals surface area contributed by atoms with Gasteiger partial charge in [0.05, 0.1) is 21.9 Å². The van der Waals surface area contributed by atoms with Crippen LogP contribution >= 0.6 is 27.5 Å². The Hall–Kier alpha value is -0.750. The third-order valence-electron chi connectivity index (χ3n) is 1.48. The van der Waals surface area contributed by atoms with Crippen LogP contribution in [-0.2, 0) is 0 Å². The van der Waals surface area contributed by atoms with Crippen molar-refractivity contribution in [2.45, 2.75) is 6.43 Å². The number of nitrogen functional groups attached to an aromatic ring is 1. The van der Waals surface area contributed by atoms with Crippen LogP contribution in [0, 0.1) is 0 Å². The number of nitrogens with zero attached hydrogens (tertiary/aromatic N) is 1. The van der Waals surface area contributed by atoms with Gasteiger partial charge in [-0.15, -0.1) is 0 Å². The van der Waals surface area contributed by atoms with Gasteiger partial charge in [-0.1, -0.05) is 0 Å². The van der Waals surface area contributed by atoms with E-state index in [1.165, 1.54) is 0 Å². The fourth-order valence-corrected chi connectivity index (χ4v) is 1.66. The van der Waals surface area contributed by atoms with E-state index in [0.29, 0.717) is 0 Å². The largest absolute Gasteiger partial charge is 0.397 e. The third kappa shape index (κ3) is 2.01. The molecule has 0 aromatic carbocycles. The topological polar surface area (TPSA) is 56.0 Å². The molecule has 1 heterocycles. The molecule has 7 heteroatoms. The molecule has 1 aromatic heterocycles. The molecule has 14 heavy (non-hydrogen) atoms. The number of pyridine rings is 1. The van der Waals surface area contributed by atoms with Crippen molar-refractivity contribution in [3.8, 4) is 0 Å². The number of halogens is 4. The maximum Gasteiger partial charge on any atom is 0.281 e. The second-order valence-electron chi connectivity index (χ2n) is 2.36. The average molecular weight is 285 g/mol. The van der Waals surface area contributed by atoms with E-state index in [0.717, 1.165) is 6.20 Å². The van der Waals surface area contributed by atoms with Crippen LogP contribution in [0.15, 0.2) is 10.7 Å². The SMILES string of the molecule is Nc1cnc(C(F)F)c(C(=O)Cl)c1Br. The molecule has 0 fully saturated rings. The van der Waals surface area contributed by atoms with Gasteiger partial charge in [-0.3, -0.25) is 9.78 Å². The molecule has 0 spiro atoms. The number of hydrogen-bond donors (Lipinski definition) is 1. The molecule has 0 saturated carbocycles. The van der Waals surface area contributed by atoms with Crippen molar-refractivity contribution < 1.29 is 13.6 Å². The highest BCUT2D eigenvalue weighted by Gasteiger charge is 2.22. The zero-order chi connectivity index (χ0) is 10.9. The highest BCUT2D eigenvalue weighted by atomic mass is 79.9. The highest BCUT2D eigenvalue weighted by molar-refractivity contribution is 9.10. The van der Waals surface area contributed by atoms with Crippen LogP contribution in [0.25, 0.3) is 0 Å². The Morgan fingerprint density at radius 1 is 1.64 bits per heavy atom. The van der Waals surface area contributed by atoms with Crippen molar-refractivity contribution in [2.75, 3.05) is 5.73 Å². The lowest BCUT2D eigenvalue weighted by atomic mass is 10.2. The summed E-state index contributed by atoms with van der Waals surface area (Å²) in [5, 5.41) is -1.02. The summed E-state index contributed by atoms with van der Waals surface area (Å²) < 4.78 is 24.8. The summed E-state index contributed by atoms with van der Waals surface area (Å²) in [4.78, 5) is 14.2. The molecule has 3 nitrogen and oxygen atoms in total. The monoisotopic (exact) mass is 284 g/mol. The predicted octanol–water partition coefficient (Wildman–Crippen LogP) is 2.74. The van der Waals surface area contributed by atoms with Crippen molar-refractivity contribution in [3.05, 3.63) is 21.9 Å². The molecule has 2 N–H and O–H groups in total. The Morgan fingerprint density at radius 2 is 2.21 bits per heavy atom. The van der Waals surface area contributed by atoms with Crippen molar-refractivity contribution in [1.29, 1.82) is 0 Å². The van der Waals surface area contributed by atoms with Gasteiger partial charge >= 0.3 is 0 Å². The standard InChI is InChI=1S/C7H4BrClF2N2O/c8-4-2(12)1-13-5(7(10)11)3(4)6(9)14/h1,7H,12H2. The molecule has 0 saturated heterocycles. The van der Waals surface area contributed by atoms with Gasteiger partial charge in [-0.2, -0.15) is 0 Å². The minimum atomic E-state index is -2.87. The fraction of sp³-hybridized carbons (Fsp3) is 0.143. The molecule has 0 unspecified atom stereocenters. The Morgan fingerprint density at radius 3 is 2.64 bits per heavy atom. The summed E-state index contributed by atoms with van der Waals surface area (Å²) in [7, 11) is 0. The van der Waals surface area contributed by atoms with E-state index < -0.39 is 17.4 Å². The second kappa shape index (κ2) is 4.18. The Balaban J connectivity index is 3.45. The first-order valence-corrected chi connectivity index (χ1v) is 4.54. The molecule has 1 rings (SSSR count). The number of hydrogen-bond acceptors (Lipinski definition) is 3. The van der Waals surface area contributed by atoms with Gasteiger partial charge in [0.15, 0.2) is 0 Å². The molecule has 0 aliphatic carbocycles. The maximum atomic E-state index is 12.4. The summed E-state index contributed by atoms with van der Waals surface area (Å²) in [6.07, 6.45) is -1.83. The van der Waals surface area contributed by atoms with Gasteiger partial charge in [-0.05, 0) is 27.5 Å². The minimum Gasteiger partial charge on any atom is -0.397 e. The van der Waals surface area contributed by atoms with E-state index in [-0.39, 0.29) is 15.7 Å². The van der Waals surface area contributed by atoms with Crippen molar-refractivity contribution in [1.82, 2.24) is 4.98 Å². The Bertz CT molecular complexity index is 386. The summed E-state index contributed by atoms with van der Waals surface area (Å²) in [5.41, 5.74) is 4.38. The maximum absolute atomic E-state index is 12.4. The van der Waals surface area contributed by atoms with E-state index >= 15 is 0 Å². The normalized spacial score (nSPS) is 10.6. The molecule has 0 aliphatic heterocycles. The molecule has 0 atom stereocenters. The van der Waals surface area contributed by atoms with Crippen molar-refractivity contribution in [3.63, 3.8) is 0 Å². The van der Waals surface area contributed by atoms with Gasteiger partial charge < -0.3 is 5.73 Å². The van der Waals surface area contributed by atoms with Crippen LogP contribution in [-0.4, -0.2) is 10.2 Å². The molecule has 0 aliphatic rings. The molecule has 0 amide bonds. The predicted molar refractivity (Wildman–Crippen MR) is 51.5 cm³/mol. The number of rotatable bonds is 2. The Labute approximate surface area is 91.4 Å². The molecule has 76 valence electrons. The fourth-order valence-electron chi connectivity index (χ4n) is 0.870. The lowest BCUT2D eigenvalue weighted by Crippen LogP contribution is -2.05. The van der Waals surface area contributed by atoms with Gasteiger partial charge in [0.1, 0.15) is 5.69 Å². The average Bonchev–Trinajstić information content (AvgIpc) is 2.08. The van der Waals surface area contributed by atoms with E-state index in [4.69, 9.17) is 17.3 Å². The number of aromatic nitrogens is 1. The lowest BCUT2D eigenvalue weighted by Gasteiger charge is -2.07. The molecule has 0 bridgehead atoms. The minimum absolute atomic E-state index is 0.0443. The van der Waals surface area contributed by atoms with Crippen LogP contribution in [0.2, 0.25) is 0 Å². The lowest BCUT2D eigenvalue weighted by molar-refractivity contribution is 0.106. The molecular weight excluding hydrogens is 281 g/mol. The zero-order valence-corrected chi connectivity index (χ0v) is 8.94. The number of carbonyl (C=O) groups excluding carboxylic acids is 1. The van der Waals surface area contributed by atoms with Crippen molar-refractivity contribution in [2.24, 2.45) is 0 Å². The van der Waals surface area contributed by atoms with Gasteiger partial charge in [0.25, 0.3) is 11.7 Å². The van der Waals surface area contributed by atoms with Crippen LogP contribution < -0.4 is 5.73 Å². The van der Waals surface area contributed by atoms with Gasteiger partial charge in [-0.25, -0.2) is 8.78 Å². The Kier molecular flexibility index (Phi) is 3.38. The zero-order valence-electron chi connectivity index (χ0n) is 6.60. The molecular formula is C7H4BrClF2N2O. The summed E-state index contributed by atoms with van der Waals surface area (Å²) in [6.45, 7) is 0. The van der Waals surface area contributed by atoms with Crippen LogP contribution in [0.4, 0.5) is 14.5 Å². The van der Waals surface area contributed by atoms with Crippen LogP contribution in [0.1, 0.15) is 22.5 Å². The number of nitrogens with two attached hydrogens (primary N) is 1. The van der Waals surface area contributed by atoms with Crippen LogP contribution in [0.3, 0.4) is 0 Å². The van der Waals surface area contributed by atoms with E-state index in [2.05, 4.69) is 20.9 Å². The number of alkyl halides is 2. The van der Waals surface area contributed by atoms with Crippen LogP contribution in [0.5, 0.6) is 0 Å². The van der Waals surface area contributed by atoms with Crippen molar-refractivity contribution >= 4 is 38.5 Å². The molecule has 1 aromatic rings. The van der Waals surface area contributed by atoms with E-state index in [9.17, 15) is 13.6 Å². The highest BCUT2D eigenvalue weighted by Crippen LogP contribution is 2.31. The van der Waals surface area contributed by atoms with E-state index in [1.807, 2.05) is 0 Å². The summed E-state index contributed by atoms with van der Waals surface area (Å²) in [5.74, 6) is 0. The first-order valence-electron chi connectivity index (χ1n) is 3.37. The number of anilines is 1. The third-order valence-corrected chi connectivity index (χ3v) is 2.52. The molecule has 0 radical (unpaired) electrons. The van der Waals surface area contributed by atoms with Gasteiger partial charge in [0.2, 0.25) is 0 Å². The quantitative estimate of drug-likeness (QED) is 0.850. The second-order valence-corrected chi connectivity index (χ2v) is 3.50. The van der Waals surface area contributed by atoms with Gasteiger partial charge in [0, 0.05) is 0 Å². The first-order chi connectivity index (χ1) is 6.45. The van der Waals surface area contributed by atoms with E-state index in [1.54, 1.807) is 0 Å². The smallest absolute Gasteiger partial charge is 0.281 e. The summed E-state index contributed by atoms with van der Waals surface area (Å²) in [6, 6.07) is 0.